The van der Waals surface area contributed by atoms with Gasteiger partial charge in [0.15, 0.2) is 0 Å². The average Bonchev–Trinajstić information content (AvgIpc) is 2.14. The largest absolute Gasteiger partial charge is 0.354 e. The number of hydrogen-bond acceptors (Lipinski definition) is 1. The number of alkyl halides is 3. The van der Waals surface area contributed by atoms with Crippen molar-refractivity contribution in [2.75, 3.05) is 6.54 Å². The van der Waals surface area contributed by atoms with E-state index in [0.29, 0.717) is 6.54 Å². The first-order valence-corrected chi connectivity index (χ1v) is 4.14. The summed E-state index contributed by atoms with van der Waals surface area (Å²) in [6.45, 7) is 0.477. The summed E-state index contributed by atoms with van der Waals surface area (Å²) in [6, 6.07) is 0. The maximum Gasteiger partial charge on any atom is 0.238 e. The molecule has 0 spiro atoms. The second-order valence-electron chi connectivity index (χ2n) is 2.15. The minimum atomic E-state index is -0.569. The zero-order valence-electron chi connectivity index (χ0n) is 4.98. The lowest BCUT2D eigenvalue weighted by Gasteiger charge is -2.09. The highest BCUT2D eigenvalue weighted by Gasteiger charge is 2.36. The fourth-order valence-corrected chi connectivity index (χ4v) is 1.76. The summed E-state index contributed by atoms with van der Waals surface area (Å²) in [5, 5.41) is 1.99. The van der Waals surface area contributed by atoms with Gasteiger partial charge in [0.2, 0.25) is 5.91 Å². The van der Waals surface area contributed by atoms with Gasteiger partial charge in [0.1, 0.15) is 10.2 Å². The van der Waals surface area contributed by atoms with Crippen molar-refractivity contribution in [1.29, 1.82) is 0 Å². The fourth-order valence-electron chi connectivity index (χ4n) is 0.831. The Kier molecular flexibility index (Phi) is 2.67. The molecule has 10 heavy (non-hydrogen) atoms. The standard InChI is InChI=1S/C5H6Cl3NO/c6-3-2(4(7)8)1-9-5(3)10/h2-4H,1H2,(H,9,10). The highest BCUT2D eigenvalue weighted by Crippen LogP contribution is 2.25. The van der Waals surface area contributed by atoms with Crippen molar-refractivity contribution in [3.63, 3.8) is 0 Å². The molecule has 5 heteroatoms. The molecule has 0 aromatic heterocycles. The molecule has 0 aromatic rings. The second kappa shape index (κ2) is 3.16. The van der Waals surface area contributed by atoms with E-state index >= 15 is 0 Å². The predicted octanol–water partition coefficient (Wildman–Crippen LogP) is 1.14. The van der Waals surface area contributed by atoms with Crippen LogP contribution in [0.15, 0.2) is 0 Å². The quantitative estimate of drug-likeness (QED) is 0.635. The van der Waals surface area contributed by atoms with E-state index in [4.69, 9.17) is 34.8 Å². The van der Waals surface area contributed by atoms with Crippen LogP contribution in [-0.2, 0) is 4.79 Å². The van der Waals surface area contributed by atoms with Crippen molar-refractivity contribution >= 4 is 40.7 Å². The molecule has 0 radical (unpaired) electrons. The van der Waals surface area contributed by atoms with Gasteiger partial charge in [-0.1, -0.05) is 0 Å². The van der Waals surface area contributed by atoms with Crippen LogP contribution < -0.4 is 5.32 Å². The molecule has 0 saturated carbocycles. The van der Waals surface area contributed by atoms with Crippen molar-refractivity contribution in [2.45, 2.75) is 10.2 Å². The van der Waals surface area contributed by atoms with E-state index in [1.165, 1.54) is 0 Å². The molecule has 1 fully saturated rings. The summed E-state index contributed by atoms with van der Waals surface area (Å²) in [4.78, 5) is 10.2. The van der Waals surface area contributed by atoms with Crippen LogP contribution in [0.2, 0.25) is 0 Å². The molecule has 1 rings (SSSR count). The maximum absolute atomic E-state index is 10.7. The second-order valence-corrected chi connectivity index (χ2v) is 3.78. The van der Waals surface area contributed by atoms with Crippen molar-refractivity contribution in [3.05, 3.63) is 0 Å². The van der Waals surface area contributed by atoms with E-state index in [0.717, 1.165) is 0 Å². The lowest BCUT2D eigenvalue weighted by atomic mass is 10.1. The van der Waals surface area contributed by atoms with E-state index in [1.54, 1.807) is 0 Å². The van der Waals surface area contributed by atoms with Crippen LogP contribution >= 0.6 is 34.8 Å². The van der Waals surface area contributed by atoms with Crippen molar-refractivity contribution in [3.8, 4) is 0 Å². The Bertz CT molecular complexity index is 150. The topological polar surface area (TPSA) is 29.1 Å². The van der Waals surface area contributed by atoms with Crippen molar-refractivity contribution in [1.82, 2.24) is 5.32 Å². The molecular formula is C5H6Cl3NO. The number of nitrogens with one attached hydrogen (secondary N) is 1. The molecule has 1 aliphatic heterocycles. The summed E-state index contributed by atoms with van der Waals surface area (Å²) < 4.78 is 0. The summed E-state index contributed by atoms with van der Waals surface area (Å²) in [6.07, 6.45) is 0. The molecule has 1 N–H and O–H groups in total. The maximum atomic E-state index is 10.7. The van der Waals surface area contributed by atoms with Gasteiger partial charge in [0, 0.05) is 12.5 Å². The summed E-state index contributed by atoms with van der Waals surface area (Å²) in [5.41, 5.74) is 0. The number of carbonyl (C=O) groups excluding carboxylic acids is 1. The van der Waals surface area contributed by atoms with E-state index < -0.39 is 10.2 Å². The monoisotopic (exact) mass is 201 g/mol. The van der Waals surface area contributed by atoms with Gasteiger partial charge in [-0.05, 0) is 0 Å². The zero-order chi connectivity index (χ0) is 7.72. The molecule has 1 amide bonds. The van der Waals surface area contributed by atoms with Crippen LogP contribution in [0.5, 0.6) is 0 Å². The Morgan fingerprint density at radius 2 is 2.20 bits per heavy atom. The molecule has 0 aromatic carbocycles. The highest BCUT2D eigenvalue weighted by atomic mass is 35.5. The Balaban J connectivity index is 2.57. The third-order valence-electron chi connectivity index (χ3n) is 1.46. The van der Waals surface area contributed by atoms with Crippen LogP contribution in [0.25, 0.3) is 0 Å². The molecule has 2 atom stereocenters. The number of rotatable bonds is 1. The summed E-state index contributed by atoms with van der Waals surface area (Å²) in [7, 11) is 0. The highest BCUT2D eigenvalue weighted by molar-refractivity contribution is 6.45. The lowest BCUT2D eigenvalue weighted by molar-refractivity contribution is -0.119. The van der Waals surface area contributed by atoms with E-state index in [2.05, 4.69) is 5.32 Å². The minimum absolute atomic E-state index is 0.155. The number of hydrogen-bond donors (Lipinski definition) is 1. The van der Waals surface area contributed by atoms with Gasteiger partial charge in [-0.3, -0.25) is 4.79 Å². The SMILES string of the molecule is O=C1NCC(C(Cl)Cl)C1Cl. The van der Waals surface area contributed by atoms with Gasteiger partial charge in [-0.15, -0.1) is 34.8 Å². The third kappa shape index (κ3) is 1.49. The zero-order valence-corrected chi connectivity index (χ0v) is 7.25. The summed E-state index contributed by atoms with van der Waals surface area (Å²) >= 11 is 16.7. The number of halogens is 3. The smallest absolute Gasteiger partial charge is 0.238 e. The molecule has 2 unspecified atom stereocenters. The van der Waals surface area contributed by atoms with Crippen molar-refractivity contribution in [2.24, 2.45) is 5.92 Å². The van der Waals surface area contributed by atoms with Crippen molar-refractivity contribution < 1.29 is 4.79 Å². The van der Waals surface area contributed by atoms with Gasteiger partial charge < -0.3 is 5.32 Å². The summed E-state index contributed by atoms with van der Waals surface area (Å²) in [5.74, 6) is -0.338. The Morgan fingerprint density at radius 3 is 2.40 bits per heavy atom. The number of amides is 1. The Hall–Kier alpha value is 0.340. The predicted molar refractivity (Wildman–Crippen MR) is 41.6 cm³/mol. The first-order valence-electron chi connectivity index (χ1n) is 2.83. The molecule has 1 heterocycles. The van der Waals surface area contributed by atoms with Crippen LogP contribution in [-0.4, -0.2) is 22.7 Å². The van der Waals surface area contributed by atoms with Gasteiger partial charge in [0.25, 0.3) is 0 Å². The molecule has 58 valence electrons. The van der Waals surface area contributed by atoms with Gasteiger partial charge in [-0.25, -0.2) is 0 Å². The van der Waals surface area contributed by atoms with Crippen LogP contribution in [0.1, 0.15) is 0 Å². The van der Waals surface area contributed by atoms with E-state index in [-0.39, 0.29) is 11.8 Å². The lowest BCUT2D eigenvalue weighted by Crippen LogP contribution is -2.21. The molecule has 1 saturated heterocycles. The van der Waals surface area contributed by atoms with E-state index in [1.807, 2.05) is 0 Å². The molecule has 2 nitrogen and oxygen atoms in total. The average molecular weight is 202 g/mol. The van der Waals surface area contributed by atoms with Gasteiger partial charge in [-0.2, -0.15) is 0 Å². The first-order chi connectivity index (χ1) is 4.63. The Morgan fingerprint density at radius 1 is 1.60 bits per heavy atom. The Labute approximate surface area is 73.8 Å². The number of carbonyl (C=O) groups is 1. The van der Waals surface area contributed by atoms with Gasteiger partial charge >= 0.3 is 0 Å². The fraction of sp³-hybridized carbons (Fsp3) is 0.800. The van der Waals surface area contributed by atoms with E-state index in [9.17, 15) is 4.79 Å². The molecule has 0 aliphatic carbocycles. The molecular weight excluding hydrogens is 196 g/mol. The normalized spacial score (nSPS) is 33.0. The molecule has 0 bridgehead atoms. The molecule has 1 aliphatic rings. The minimum Gasteiger partial charge on any atom is -0.354 e. The first kappa shape index (κ1) is 8.44. The van der Waals surface area contributed by atoms with Crippen LogP contribution in [0, 0.1) is 5.92 Å². The third-order valence-corrected chi connectivity index (χ3v) is 2.63. The van der Waals surface area contributed by atoms with Gasteiger partial charge in [0.05, 0.1) is 0 Å². The van der Waals surface area contributed by atoms with Crippen LogP contribution in [0.4, 0.5) is 0 Å². The van der Waals surface area contributed by atoms with Crippen LogP contribution in [0.3, 0.4) is 0 Å².